The first-order valence-corrected chi connectivity index (χ1v) is 6.33. The summed E-state index contributed by atoms with van der Waals surface area (Å²) in [6, 6.07) is 10.4. The molecule has 0 bridgehead atoms. The number of benzene rings is 1. The number of ketones is 1. The normalized spacial score (nSPS) is 10.7. The molecule has 1 aromatic heterocycles. The standard InChI is InChI=1S/C16H15NO3/c1-2-20-16-11-17-13(10-15(16)19)8-9-14(18)12-6-4-3-5-7-12/h3-11H,2H2,1H3,(H,17,19). The van der Waals surface area contributed by atoms with Crippen LogP contribution >= 0.6 is 0 Å². The Balaban J connectivity index is 2.14. The van der Waals surface area contributed by atoms with Crippen molar-refractivity contribution in [2.45, 2.75) is 6.92 Å². The summed E-state index contributed by atoms with van der Waals surface area (Å²) in [6.45, 7) is 2.25. The van der Waals surface area contributed by atoms with Crippen molar-refractivity contribution < 1.29 is 9.53 Å². The minimum absolute atomic E-state index is 0.111. The van der Waals surface area contributed by atoms with Gasteiger partial charge in [-0.25, -0.2) is 0 Å². The maximum absolute atomic E-state index is 11.9. The summed E-state index contributed by atoms with van der Waals surface area (Å²) >= 11 is 0. The second-order valence-electron chi connectivity index (χ2n) is 4.11. The van der Waals surface area contributed by atoms with Crippen LogP contribution in [0, 0.1) is 0 Å². The fourth-order valence-corrected chi connectivity index (χ4v) is 1.70. The van der Waals surface area contributed by atoms with Gasteiger partial charge in [0.2, 0.25) is 5.43 Å². The van der Waals surface area contributed by atoms with Gasteiger partial charge < -0.3 is 9.72 Å². The highest BCUT2D eigenvalue weighted by atomic mass is 16.5. The van der Waals surface area contributed by atoms with Gasteiger partial charge in [-0.2, -0.15) is 0 Å². The number of aromatic amines is 1. The smallest absolute Gasteiger partial charge is 0.223 e. The van der Waals surface area contributed by atoms with Crippen LogP contribution in [0.25, 0.3) is 6.08 Å². The summed E-state index contributed by atoms with van der Waals surface area (Å²) in [5.41, 5.74) is 0.956. The van der Waals surface area contributed by atoms with Crippen molar-refractivity contribution in [3.05, 3.63) is 70.2 Å². The molecule has 0 fully saturated rings. The van der Waals surface area contributed by atoms with Crippen molar-refractivity contribution in [3.8, 4) is 5.75 Å². The maximum Gasteiger partial charge on any atom is 0.223 e. The molecule has 4 nitrogen and oxygen atoms in total. The number of hydrogen-bond donors (Lipinski definition) is 1. The molecule has 0 saturated carbocycles. The largest absolute Gasteiger partial charge is 0.488 e. The van der Waals surface area contributed by atoms with E-state index in [1.54, 1.807) is 30.3 Å². The predicted molar refractivity (Wildman–Crippen MR) is 78.0 cm³/mol. The Kier molecular flexibility index (Phi) is 4.50. The number of aromatic nitrogens is 1. The summed E-state index contributed by atoms with van der Waals surface area (Å²) < 4.78 is 5.15. The van der Waals surface area contributed by atoms with Gasteiger partial charge in [-0.15, -0.1) is 0 Å². The van der Waals surface area contributed by atoms with Gasteiger partial charge >= 0.3 is 0 Å². The van der Waals surface area contributed by atoms with Gasteiger partial charge in [-0.1, -0.05) is 30.3 Å². The molecule has 2 aromatic rings. The van der Waals surface area contributed by atoms with Gasteiger partial charge in [-0.3, -0.25) is 9.59 Å². The predicted octanol–water partition coefficient (Wildman–Crippen LogP) is 2.67. The Labute approximate surface area is 116 Å². The molecule has 0 aliphatic carbocycles. The number of rotatable bonds is 5. The van der Waals surface area contributed by atoms with Gasteiger partial charge in [0.15, 0.2) is 11.5 Å². The molecular formula is C16H15NO3. The Hall–Kier alpha value is -2.62. The van der Waals surface area contributed by atoms with E-state index in [9.17, 15) is 9.59 Å². The first kappa shape index (κ1) is 13.8. The molecule has 1 aromatic carbocycles. The Morgan fingerprint density at radius 3 is 2.70 bits per heavy atom. The molecule has 0 spiro atoms. The highest BCUT2D eigenvalue weighted by Crippen LogP contribution is 2.05. The summed E-state index contributed by atoms with van der Waals surface area (Å²) in [5, 5.41) is 0. The average molecular weight is 269 g/mol. The van der Waals surface area contributed by atoms with Gasteiger partial charge in [0.25, 0.3) is 0 Å². The SMILES string of the molecule is CCOc1c[nH]c(C=CC(=O)c2ccccc2)cc1=O. The van der Waals surface area contributed by atoms with Crippen LogP contribution in [0.2, 0.25) is 0 Å². The number of allylic oxidation sites excluding steroid dienone is 1. The van der Waals surface area contributed by atoms with E-state index >= 15 is 0 Å². The molecule has 0 radical (unpaired) electrons. The number of pyridine rings is 1. The number of carbonyl (C=O) groups excluding carboxylic acids is 1. The van der Waals surface area contributed by atoms with Crippen molar-refractivity contribution in [2.24, 2.45) is 0 Å². The van der Waals surface area contributed by atoms with Crippen LogP contribution < -0.4 is 10.2 Å². The summed E-state index contributed by atoms with van der Waals surface area (Å²) in [7, 11) is 0. The van der Waals surface area contributed by atoms with Crippen LogP contribution in [0.4, 0.5) is 0 Å². The summed E-state index contributed by atoms with van der Waals surface area (Å²) in [6.07, 6.45) is 4.51. The molecule has 0 aliphatic heterocycles. The number of carbonyl (C=O) groups is 1. The van der Waals surface area contributed by atoms with Crippen molar-refractivity contribution in [1.29, 1.82) is 0 Å². The molecule has 102 valence electrons. The molecule has 1 heterocycles. The fraction of sp³-hybridized carbons (Fsp3) is 0.125. The van der Waals surface area contributed by atoms with Crippen LogP contribution in [-0.4, -0.2) is 17.4 Å². The van der Waals surface area contributed by atoms with Gasteiger partial charge in [0.05, 0.1) is 6.61 Å². The molecular weight excluding hydrogens is 254 g/mol. The first-order valence-electron chi connectivity index (χ1n) is 6.33. The summed E-state index contributed by atoms with van der Waals surface area (Å²) in [5.74, 6) is 0.166. The van der Waals surface area contributed by atoms with E-state index in [4.69, 9.17) is 4.74 Å². The van der Waals surface area contributed by atoms with E-state index < -0.39 is 0 Å². The average Bonchev–Trinajstić information content (AvgIpc) is 2.48. The molecule has 0 aliphatic rings. The molecule has 0 amide bonds. The lowest BCUT2D eigenvalue weighted by molar-refractivity contribution is 0.104. The monoisotopic (exact) mass is 269 g/mol. The maximum atomic E-state index is 11.9. The highest BCUT2D eigenvalue weighted by molar-refractivity contribution is 6.06. The number of H-pyrrole nitrogens is 1. The van der Waals surface area contributed by atoms with Gasteiger partial charge in [0, 0.05) is 23.5 Å². The molecule has 2 rings (SSSR count). The lowest BCUT2D eigenvalue weighted by Crippen LogP contribution is -2.08. The van der Waals surface area contributed by atoms with Gasteiger partial charge in [0.1, 0.15) is 0 Å². The Morgan fingerprint density at radius 1 is 1.30 bits per heavy atom. The fourth-order valence-electron chi connectivity index (χ4n) is 1.70. The third kappa shape index (κ3) is 3.45. The van der Waals surface area contributed by atoms with Crippen molar-refractivity contribution in [3.63, 3.8) is 0 Å². The molecule has 0 unspecified atom stereocenters. The lowest BCUT2D eigenvalue weighted by atomic mass is 10.1. The van der Waals surface area contributed by atoms with Gasteiger partial charge in [-0.05, 0) is 19.1 Å². The third-order valence-electron chi connectivity index (χ3n) is 2.67. The third-order valence-corrected chi connectivity index (χ3v) is 2.67. The van der Waals surface area contributed by atoms with Crippen LogP contribution in [0.3, 0.4) is 0 Å². The second kappa shape index (κ2) is 6.52. The lowest BCUT2D eigenvalue weighted by Gasteiger charge is -2.01. The second-order valence-corrected chi connectivity index (χ2v) is 4.11. The van der Waals surface area contributed by atoms with Crippen LogP contribution in [0.5, 0.6) is 5.75 Å². The Bertz CT molecular complexity index is 672. The molecule has 1 N–H and O–H groups in total. The number of hydrogen-bond acceptors (Lipinski definition) is 3. The van der Waals surface area contributed by atoms with Crippen LogP contribution in [0.1, 0.15) is 23.0 Å². The van der Waals surface area contributed by atoms with Crippen molar-refractivity contribution in [1.82, 2.24) is 4.98 Å². The van der Waals surface area contributed by atoms with E-state index in [0.717, 1.165) is 0 Å². The van der Waals surface area contributed by atoms with E-state index in [-0.39, 0.29) is 17.0 Å². The number of ether oxygens (including phenoxy) is 1. The van der Waals surface area contributed by atoms with Crippen LogP contribution in [-0.2, 0) is 0 Å². The molecule has 20 heavy (non-hydrogen) atoms. The summed E-state index contributed by atoms with van der Waals surface area (Å²) in [4.78, 5) is 26.5. The quantitative estimate of drug-likeness (QED) is 0.670. The highest BCUT2D eigenvalue weighted by Gasteiger charge is 2.02. The van der Waals surface area contributed by atoms with Crippen LogP contribution in [0.15, 0.2) is 53.5 Å². The first-order chi connectivity index (χ1) is 9.70. The van der Waals surface area contributed by atoms with E-state index in [1.165, 1.54) is 18.3 Å². The molecule has 4 heteroatoms. The minimum atomic E-state index is -0.211. The van der Waals surface area contributed by atoms with E-state index in [1.807, 2.05) is 13.0 Å². The molecule has 0 saturated heterocycles. The zero-order valence-electron chi connectivity index (χ0n) is 11.1. The van der Waals surface area contributed by atoms with Crippen molar-refractivity contribution in [2.75, 3.05) is 6.61 Å². The zero-order chi connectivity index (χ0) is 14.4. The Morgan fingerprint density at radius 2 is 2.05 bits per heavy atom. The van der Waals surface area contributed by atoms with E-state index in [0.29, 0.717) is 17.9 Å². The zero-order valence-corrected chi connectivity index (χ0v) is 11.1. The number of nitrogens with one attached hydrogen (secondary N) is 1. The minimum Gasteiger partial charge on any atom is -0.488 e. The topological polar surface area (TPSA) is 59.2 Å². The molecule has 0 atom stereocenters. The van der Waals surface area contributed by atoms with E-state index in [2.05, 4.69) is 4.98 Å². The van der Waals surface area contributed by atoms with Crippen molar-refractivity contribution >= 4 is 11.9 Å².